The van der Waals surface area contributed by atoms with E-state index in [0.29, 0.717) is 10.8 Å². The molecule has 0 saturated carbocycles. The number of anilines is 1. The molecule has 0 bridgehead atoms. The molecule has 104 valence electrons. The van der Waals surface area contributed by atoms with Gasteiger partial charge in [-0.05, 0) is 18.6 Å². The Morgan fingerprint density at radius 3 is 3.00 bits per heavy atom. The minimum Gasteiger partial charge on any atom is -0.391 e. The maximum Gasteiger partial charge on any atom is 0.275 e. The molecule has 1 saturated heterocycles. The van der Waals surface area contributed by atoms with Gasteiger partial charge >= 0.3 is 0 Å². The fourth-order valence-corrected chi connectivity index (χ4v) is 3.45. The second-order valence-corrected chi connectivity index (χ2v) is 5.98. The van der Waals surface area contributed by atoms with Crippen molar-refractivity contribution in [3.8, 4) is 0 Å². The van der Waals surface area contributed by atoms with Crippen molar-refractivity contribution in [1.82, 2.24) is 0 Å². The van der Waals surface area contributed by atoms with Gasteiger partial charge in [0, 0.05) is 35.8 Å². The summed E-state index contributed by atoms with van der Waals surface area (Å²) in [6.07, 6.45) is 1.13. The van der Waals surface area contributed by atoms with Gasteiger partial charge in [-0.3, -0.25) is 10.1 Å². The van der Waals surface area contributed by atoms with E-state index in [-0.39, 0.29) is 12.3 Å². The molecule has 6 heteroatoms. The molecule has 0 amide bonds. The molecular formula is C13H18N2O3S. The van der Waals surface area contributed by atoms with Gasteiger partial charge in [0.05, 0.1) is 17.1 Å². The minimum atomic E-state index is -0.448. The highest BCUT2D eigenvalue weighted by atomic mass is 32.2. The van der Waals surface area contributed by atoms with Crippen LogP contribution in [0.2, 0.25) is 0 Å². The van der Waals surface area contributed by atoms with Crippen molar-refractivity contribution in [2.75, 3.05) is 23.7 Å². The fourth-order valence-electron chi connectivity index (χ4n) is 2.27. The van der Waals surface area contributed by atoms with Crippen LogP contribution in [0.5, 0.6) is 0 Å². The zero-order valence-electron chi connectivity index (χ0n) is 10.9. The van der Waals surface area contributed by atoms with Crippen LogP contribution in [-0.2, 0) is 6.61 Å². The first-order valence-corrected chi connectivity index (χ1v) is 7.45. The standard InChI is InChI=1S/C13H18N2O3S/c1-2-12-8-14(5-6-19-12)11-3-4-13(15(17)18)10(7-11)9-16/h3-4,7,12,16H,2,5-6,8-9H2,1H3. The number of thioether (sulfide) groups is 1. The molecule has 1 unspecified atom stereocenters. The Bertz CT molecular complexity index is 467. The van der Waals surface area contributed by atoms with Crippen LogP contribution < -0.4 is 4.90 Å². The number of hydrogen-bond donors (Lipinski definition) is 1. The van der Waals surface area contributed by atoms with Crippen LogP contribution in [0.25, 0.3) is 0 Å². The van der Waals surface area contributed by atoms with Gasteiger partial charge in [-0.25, -0.2) is 0 Å². The summed E-state index contributed by atoms with van der Waals surface area (Å²) >= 11 is 1.98. The largest absolute Gasteiger partial charge is 0.391 e. The van der Waals surface area contributed by atoms with E-state index < -0.39 is 4.92 Å². The third kappa shape index (κ3) is 3.19. The van der Waals surface area contributed by atoms with E-state index in [4.69, 9.17) is 0 Å². The van der Waals surface area contributed by atoms with Crippen LogP contribution in [0.3, 0.4) is 0 Å². The van der Waals surface area contributed by atoms with Crippen molar-refractivity contribution in [2.45, 2.75) is 25.2 Å². The van der Waals surface area contributed by atoms with E-state index in [0.717, 1.165) is 31.0 Å². The number of aliphatic hydroxyl groups excluding tert-OH is 1. The molecular weight excluding hydrogens is 264 g/mol. The summed E-state index contributed by atoms with van der Waals surface area (Å²) in [5.41, 5.74) is 1.34. The van der Waals surface area contributed by atoms with Crippen molar-refractivity contribution >= 4 is 23.1 Å². The molecule has 1 aromatic rings. The third-order valence-electron chi connectivity index (χ3n) is 3.39. The number of benzene rings is 1. The van der Waals surface area contributed by atoms with Crippen LogP contribution >= 0.6 is 11.8 Å². The molecule has 1 atom stereocenters. The lowest BCUT2D eigenvalue weighted by atomic mass is 10.1. The van der Waals surface area contributed by atoms with Gasteiger partial charge in [0.1, 0.15) is 0 Å². The molecule has 0 aromatic heterocycles. The van der Waals surface area contributed by atoms with Crippen molar-refractivity contribution < 1.29 is 10.0 Å². The van der Waals surface area contributed by atoms with Crippen molar-refractivity contribution in [1.29, 1.82) is 0 Å². The van der Waals surface area contributed by atoms with E-state index >= 15 is 0 Å². The number of hydrogen-bond acceptors (Lipinski definition) is 5. The summed E-state index contributed by atoms with van der Waals surface area (Å²) in [5, 5.41) is 20.7. The van der Waals surface area contributed by atoms with Crippen molar-refractivity contribution in [2.24, 2.45) is 0 Å². The van der Waals surface area contributed by atoms with Gasteiger partial charge in [0.2, 0.25) is 0 Å². The molecule has 2 rings (SSSR count). The average Bonchev–Trinajstić information content (AvgIpc) is 2.46. The Morgan fingerprint density at radius 1 is 1.58 bits per heavy atom. The fraction of sp³-hybridized carbons (Fsp3) is 0.538. The van der Waals surface area contributed by atoms with E-state index in [2.05, 4.69) is 11.8 Å². The van der Waals surface area contributed by atoms with Gasteiger partial charge in [-0.15, -0.1) is 0 Å². The van der Waals surface area contributed by atoms with E-state index in [9.17, 15) is 15.2 Å². The normalized spacial score (nSPS) is 19.5. The molecule has 1 aromatic carbocycles. The molecule has 0 aliphatic carbocycles. The predicted molar refractivity (Wildman–Crippen MR) is 77.8 cm³/mol. The maximum atomic E-state index is 10.8. The second-order valence-electron chi connectivity index (χ2n) is 4.58. The molecule has 0 radical (unpaired) electrons. The SMILES string of the molecule is CCC1CN(c2ccc([N+](=O)[O-])c(CO)c2)CCS1. The highest BCUT2D eigenvalue weighted by Crippen LogP contribution is 2.29. The van der Waals surface area contributed by atoms with Gasteiger partial charge in [-0.1, -0.05) is 6.92 Å². The summed E-state index contributed by atoms with van der Waals surface area (Å²) < 4.78 is 0. The lowest BCUT2D eigenvalue weighted by molar-refractivity contribution is -0.385. The van der Waals surface area contributed by atoms with Crippen LogP contribution in [0.4, 0.5) is 11.4 Å². The van der Waals surface area contributed by atoms with Gasteiger partial charge in [-0.2, -0.15) is 11.8 Å². The molecule has 1 aliphatic heterocycles. The lowest BCUT2D eigenvalue weighted by Gasteiger charge is -2.33. The van der Waals surface area contributed by atoms with Crippen molar-refractivity contribution in [3.63, 3.8) is 0 Å². The number of nitro groups is 1. The van der Waals surface area contributed by atoms with Gasteiger partial charge in [0.25, 0.3) is 5.69 Å². The van der Waals surface area contributed by atoms with Crippen LogP contribution in [0.15, 0.2) is 18.2 Å². The van der Waals surface area contributed by atoms with Gasteiger partial charge in [0.15, 0.2) is 0 Å². The Hall–Kier alpha value is -1.27. The van der Waals surface area contributed by atoms with E-state index in [1.54, 1.807) is 12.1 Å². The van der Waals surface area contributed by atoms with Crippen molar-refractivity contribution in [3.05, 3.63) is 33.9 Å². The summed E-state index contributed by atoms with van der Waals surface area (Å²) in [7, 11) is 0. The summed E-state index contributed by atoms with van der Waals surface area (Å²) in [5.74, 6) is 1.07. The smallest absolute Gasteiger partial charge is 0.275 e. The molecule has 1 aliphatic rings. The third-order valence-corrected chi connectivity index (χ3v) is 4.76. The monoisotopic (exact) mass is 282 g/mol. The Labute approximate surface area is 116 Å². The number of nitrogens with zero attached hydrogens (tertiary/aromatic N) is 2. The Kier molecular flexibility index (Phi) is 4.66. The molecule has 1 heterocycles. The molecule has 1 fully saturated rings. The molecule has 19 heavy (non-hydrogen) atoms. The van der Waals surface area contributed by atoms with Gasteiger partial charge < -0.3 is 10.0 Å². The highest BCUT2D eigenvalue weighted by Gasteiger charge is 2.21. The Balaban J connectivity index is 2.23. The number of rotatable bonds is 4. The van der Waals surface area contributed by atoms with Crippen LogP contribution in [0, 0.1) is 10.1 Å². The maximum absolute atomic E-state index is 10.8. The number of nitro benzene ring substituents is 1. The lowest BCUT2D eigenvalue weighted by Crippen LogP contribution is -2.37. The number of aliphatic hydroxyl groups is 1. The first kappa shape index (κ1) is 14.1. The van der Waals surface area contributed by atoms with Crippen LogP contribution in [0.1, 0.15) is 18.9 Å². The molecule has 0 spiro atoms. The van der Waals surface area contributed by atoms with E-state index in [1.807, 2.05) is 11.8 Å². The molecule has 1 N–H and O–H groups in total. The average molecular weight is 282 g/mol. The summed E-state index contributed by atoms with van der Waals surface area (Å²) in [6.45, 7) is 3.79. The first-order chi connectivity index (χ1) is 9.15. The summed E-state index contributed by atoms with van der Waals surface area (Å²) in [4.78, 5) is 12.6. The second kappa shape index (κ2) is 6.25. The topological polar surface area (TPSA) is 66.6 Å². The molecule has 5 nitrogen and oxygen atoms in total. The highest BCUT2D eigenvalue weighted by molar-refractivity contribution is 8.00. The zero-order chi connectivity index (χ0) is 13.8. The Morgan fingerprint density at radius 2 is 2.37 bits per heavy atom. The van der Waals surface area contributed by atoms with E-state index in [1.165, 1.54) is 6.07 Å². The minimum absolute atomic E-state index is 0.00956. The quantitative estimate of drug-likeness (QED) is 0.678. The van der Waals surface area contributed by atoms with Crippen LogP contribution in [-0.4, -0.2) is 34.1 Å². The zero-order valence-corrected chi connectivity index (χ0v) is 11.7. The predicted octanol–water partition coefficient (Wildman–Crippen LogP) is 2.42. The first-order valence-electron chi connectivity index (χ1n) is 6.40. The summed E-state index contributed by atoms with van der Waals surface area (Å²) in [6, 6.07) is 5.00.